The first-order chi connectivity index (χ1) is 12.9. The quantitative estimate of drug-likeness (QED) is 0.742. The molecule has 2 N–H and O–H groups in total. The van der Waals surface area contributed by atoms with Crippen LogP contribution in [-0.2, 0) is 15.1 Å². The van der Waals surface area contributed by atoms with Gasteiger partial charge < -0.3 is 10.6 Å². The molecule has 1 atom stereocenters. The summed E-state index contributed by atoms with van der Waals surface area (Å²) >= 11 is 11.8. The molecule has 3 rings (SSSR count). The number of carbonyl (C=O) groups excluding carboxylic acids is 3. The number of benzene rings is 2. The first-order valence-electron chi connectivity index (χ1n) is 8.32. The molecule has 140 valence electrons. The fourth-order valence-electron chi connectivity index (χ4n) is 3.05. The third-order valence-electron chi connectivity index (χ3n) is 4.48. The van der Waals surface area contributed by atoms with Crippen LogP contribution in [-0.4, -0.2) is 29.3 Å². The number of anilines is 1. The molecule has 2 aromatic rings. The Bertz CT molecular complexity index is 904. The van der Waals surface area contributed by atoms with E-state index in [0.29, 0.717) is 27.7 Å². The van der Waals surface area contributed by atoms with Gasteiger partial charge in [0.2, 0.25) is 5.91 Å². The standard InChI is InChI=1S/C19H17Cl2N3O3/c1-2-19(12-6-4-3-5-7-12)17(26)24(18(27)23-19)11-16(25)22-13-8-9-14(20)15(21)10-13/h3-10H,2,11H2,1H3,(H,22,25)(H,23,27). The summed E-state index contributed by atoms with van der Waals surface area (Å²) in [6.07, 6.45) is 0.368. The zero-order chi connectivity index (χ0) is 19.6. The van der Waals surface area contributed by atoms with Gasteiger partial charge in [0.1, 0.15) is 12.1 Å². The number of nitrogens with zero attached hydrogens (tertiary/aromatic N) is 1. The Morgan fingerprint density at radius 3 is 2.44 bits per heavy atom. The van der Waals surface area contributed by atoms with Crippen LogP contribution in [0.1, 0.15) is 18.9 Å². The topological polar surface area (TPSA) is 78.5 Å². The number of hydrogen-bond acceptors (Lipinski definition) is 3. The number of nitrogens with one attached hydrogen (secondary N) is 2. The van der Waals surface area contributed by atoms with Gasteiger partial charge in [-0.15, -0.1) is 0 Å². The summed E-state index contributed by atoms with van der Waals surface area (Å²) in [5.74, 6) is -0.970. The summed E-state index contributed by atoms with van der Waals surface area (Å²) < 4.78 is 0. The van der Waals surface area contributed by atoms with Crippen molar-refractivity contribution in [2.75, 3.05) is 11.9 Å². The molecule has 6 nitrogen and oxygen atoms in total. The van der Waals surface area contributed by atoms with Gasteiger partial charge in [0.05, 0.1) is 10.0 Å². The van der Waals surface area contributed by atoms with E-state index in [9.17, 15) is 14.4 Å². The molecule has 1 aliphatic rings. The van der Waals surface area contributed by atoms with Gasteiger partial charge in [0.25, 0.3) is 5.91 Å². The molecule has 0 bridgehead atoms. The van der Waals surface area contributed by atoms with Gasteiger partial charge in [0, 0.05) is 5.69 Å². The van der Waals surface area contributed by atoms with Crippen LogP contribution in [0.4, 0.5) is 10.5 Å². The Labute approximate surface area is 166 Å². The molecule has 4 amide bonds. The highest BCUT2D eigenvalue weighted by Crippen LogP contribution is 2.32. The van der Waals surface area contributed by atoms with Crippen LogP contribution < -0.4 is 10.6 Å². The van der Waals surface area contributed by atoms with Crippen LogP contribution in [0, 0.1) is 0 Å². The van der Waals surface area contributed by atoms with Gasteiger partial charge in [-0.1, -0.05) is 60.5 Å². The summed E-state index contributed by atoms with van der Waals surface area (Å²) in [5, 5.41) is 6.00. The fourth-order valence-corrected chi connectivity index (χ4v) is 3.35. The number of hydrogen-bond donors (Lipinski definition) is 2. The second-order valence-electron chi connectivity index (χ2n) is 6.12. The van der Waals surface area contributed by atoms with Gasteiger partial charge in [0.15, 0.2) is 0 Å². The van der Waals surface area contributed by atoms with Crippen molar-refractivity contribution in [3.63, 3.8) is 0 Å². The average Bonchev–Trinajstić information content (AvgIpc) is 2.90. The molecule has 1 saturated heterocycles. The number of imide groups is 1. The second kappa shape index (κ2) is 7.58. The van der Waals surface area contributed by atoms with Crippen molar-refractivity contribution in [1.82, 2.24) is 10.2 Å². The number of urea groups is 1. The third-order valence-corrected chi connectivity index (χ3v) is 5.22. The van der Waals surface area contributed by atoms with E-state index in [0.717, 1.165) is 4.90 Å². The maximum absolute atomic E-state index is 13.0. The highest BCUT2D eigenvalue weighted by Gasteiger charge is 2.51. The van der Waals surface area contributed by atoms with E-state index in [-0.39, 0.29) is 0 Å². The maximum Gasteiger partial charge on any atom is 0.325 e. The minimum absolute atomic E-state index is 0.290. The first kappa shape index (κ1) is 19.2. The SMILES string of the molecule is CCC1(c2ccccc2)NC(=O)N(CC(=O)Nc2ccc(Cl)c(Cl)c2)C1=O. The van der Waals surface area contributed by atoms with Crippen LogP contribution in [0.15, 0.2) is 48.5 Å². The Balaban J connectivity index is 1.77. The lowest BCUT2D eigenvalue weighted by molar-refractivity contribution is -0.134. The molecule has 0 radical (unpaired) electrons. The summed E-state index contributed by atoms with van der Waals surface area (Å²) in [6.45, 7) is 1.41. The van der Waals surface area contributed by atoms with Crippen molar-refractivity contribution in [2.24, 2.45) is 0 Å². The van der Waals surface area contributed by atoms with Gasteiger partial charge in [-0.25, -0.2) is 4.79 Å². The Morgan fingerprint density at radius 1 is 1.11 bits per heavy atom. The number of amides is 4. The molecule has 1 unspecified atom stereocenters. The summed E-state index contributed by atoms with van der Waals surface area (Å²) in [7, 11) is 0. The molecule has 27 heavy (non-hydrogen) atoms. The third kappa shape index (κ3) is 3.63. The minimum Gasteiger partial charge on any atom is -0.324 e. The number of halogens is 2. The lowest BCUT2D eigenvalue weighted by Gasteiger charge is -2.25. The van der Waals surface area contributed by atoms with E-state index >= 15 is 0 Å². The molecule has 8 heteroatoms. The molecular weight excluding hydrogens is 389 g/mol. The van der Waals surface area contributed by atoms with E-state index in [1.807, 2.05) is 13.0 Å². The Hall–Kier alpha value is -2.57. The molecule has 0 spiro atoms. The molecule has 1 fully saturated rings. The van der Waals surface area contributed by atoms with Crippen LogP contribution in [0.5, 0.6) is 0 Å². The van der Waals surface area contributed by atoms with E-state index in [2.05, 4.69) is 10.6 Å². The van der Waals surface area contributed by atoms with Crippen molar-refractivity contribution in [1.29, 1.82) is 0 Å². The second-order valence-corrected chi connectivity index (χ2v) is 6.94. The van der Waals surface area contributed by atoms with Crippen molar-refractivity contribution < 1.29 is 14.4 Å². The predicted molar refractivity (Wildman–Crippen MR) is 104 cm³/mol. The highest BCUT2D eigenvalue weighted by atomic mass is 35.5. The lowest BCUT2D eigenvalue weighted by Crippen LogP contribution is -2.44. The maximum atomic E-state index is 13.0. The molecule has 1 heterocycles. The van der Waals surface area contributed by atoms with Gasteiger partial charge in [-0.3, -0.25) is 14.5 Å². The van der Waals surface area contributed by atoms with Crippen molar-refractivity contribution in [2.45, 2.75) is 18.9 Å². The number of rotatable bonds is 5. The Morgan fingerprint density at radius 2 is 1.81 bits per heavy atom. The van der Waals surface area contributed by atoms with Gasteiger partial charge in [-0.2, -0.15) is 0 Å². The number of carbonyl (C=O) groups is 3. The monoisotopic (exact) mass is 405 g/mol. The fraction of sp³-hybridized carbons (Fsp3) is 0.211. The summed E-state index contributed by atoms with van der Waals surface area (Å²) in [6, 6.07) is 13.0. The summed E-state index contributed by atoms with van der Waals surface area (Å²) in [5.41, 5.74) is -0.0631. The molecule has 1 aliphatic heterocycles. The van der Waals surface area contributed by atoms with Crippen molar-refractivity contribution in [3.8, 4) is 0 Å². The Kier molecular flexibility index (Phi) is 5.39. The first-order valence-corrected chi connectivity index (χ1v) is 9.07. The van der Waals surface area contributed by atoms with Crippen LogP contribution in [0.25, 0.3) is 0 Å². The van der Waals surface area contributed by atoms with Crippen LogP contribution in [0.2, 0.25) is 10.0 Å². The van der Waals surface area contributed by atoms with Crippen molar-refractivity contribution in [3.05, 3.63) is 64.1 Å². The average molecular weight is 406 g/mol. The normalized spacial score (nSPS) is 19.1. The predicted octanol–water partition coefficient (Wildman–Crippen LogP) is 3.79. The van der Waals surface area contributed by atoms with E-state index in [1.54, 1.807) is 36.4 Å². The highest BCUT2D eigenvalue weighted by molar-refractivity contribution is 6.42. The van der Waals surface area contributed by atoms with Crippen molar-refractivity contribution >= 4 is 46.7 Å². The van der Waals surface area contributed by atoms with E-state index in [1.165, 1.54) is 6.07 Å². The molecule has 0 saturated carbocycles. The molecule has 2 aromatic carbocycles. The molecule has 0 aromatic heterocycles. The van der Waals surface area contributed by atoms with Gasteiger partial charge in [-0.05, 0) is 30.2 Å². The van der Waals surface area contributed by atoms with Crippen LogP contribution >= 0.6 is 23.2 Å². The lowest BCUT2D eigenvalue weighted by atomic mass is 9.87. The zero-order valence-electron chi connectivity index (χ0n) is 14.5. The smallest absolute Gasteiger partial charge is 0.324 e. The van der Waals surface area contributed by atoms with E-state index in [4.69, 9.17) is 23.2 Å². The zero-order valence-corrected chi connectivity index (χ0v) is 16.0. The van der Waals surface area contributed by atoms with Crippen LogP contribution in [0.3, 0.4) is 0 Å². The molecular formula is C19H17Cl2N3O3. The molecule has 0 aliphatic carbocycles. The van der Waals surface area contributed by atoms with Gasteiger partial charge >= 0.3 is 6.03 Å². The largest absolute Gasteiger partial charge is 0.325 e. The minimum atomic E-state index is -1.16. The summed E-state index contributed by atoms with van der Waals surface area (Å²) in [4.78, 5) is 38.6. The van der Waals surface area contributed by atoms with E-state index < -0.39 is 29.9 Å².